The molecule has 3 nitrogen and oxygen atoms in total. The Labute approximate surface area is 118 Å². The van der Waals surface area contributed by atoms with Crippen molar-refractivity contribution in [3.63, 3.8) is 0 Å². The molecule has 21 heavy (non-hydrogen) atoms. The molecule has 0 aliphatic rings. The van der Waals surface area contributed by atoms with E-state index in [2.05, 4.69) is 14.7 Å². The Hall–Kier alpha value is -2.50. The van der Waals surface area contributed by atoms with Crippen LogP contribution in [0.5, 0.6) is 5.75 Å². The van der Waals surface area contributed by atoms with Crippen molar-refractivity contribution in [3.8, 4) is 17.1 Å². The molecule has 0 unspecified atom stereocenters. The molecular formula is C15H11F3N2O. The number of nitrogens with one attached hydrogen (secondary N) is 1. The summed E-state index contributed by atoms with van der Waals surface area (Å²) in [5, 5.41) is 0. The normalized spacial score (nSPS) is 11.8. The van der Waals surface area contributed by atoms with E-state index in [1.54, 1.807) is 13.0 Å². The minimum absolute atomic E-state index is 0.236. The lowest BCUT2D eigenvalue weighted by Gasteiger charge is -2.10. The maximum atomic E-state index is 12.2. The van der Waals surface area contributed by atoms with Crippen molar-refractivity contribution in [2.75, 3.05) is 0 Å². The molecule has 0 aliphatic carbocycles. The summed E-state index contributed by atoms with van der Waals surface area (Å²) in [6.07, 6.45) is -4.69. The van der Waals surface area contributed by atoms with Crippen LogP contribution in [0.4, 0.5) is 13.2 Å². The van der Waals surface area contributed by atoms with Crippen LogP contribution >= 0.6 is 0 Å². The van der Waals surface area contributed by atoms with Crippen molar-refractivity contribution < 1.29 is 17.9 Å². The van der Waals surface area contributed by atoms with E-state index < -0.39 is 6.36 Å². The fraction of sp³-hybridized carbons (Fsp3) is 0.133. The molecule has 1 heterocycles. The number of aryl methyl sites for hydroxylation is 1. The zero-order valence-corrected chi connectivity index (χ0v) is 11.0. The van der Waals surface area contributed by atoms with Gasteiger partial charge in [0.2, 0.25) is 0 Å². The fourth-order valence-electron chi connectivity index (χ4n) is 2.18. The molecule has 0 atom stereocenters. The molecule has 0 saturated carbocycles. The van der Waals surface area contributed by atoms with Gasteiger partial charge in [-0.15, -0.1) is 13.2 Å². The number of alkyl halides is 3. The summed E-state index contributed by atoms with van der Waals surface area (Å²) in [4.78, 5) is 7.58. The van der Waals surface area contributed by atoms with Crippen LogP contribution in [0.3, 0.4) is 0 Å². The lowest BCUT2D eigenvalue weighted by molar-refractivity contribution is -0.274. The number of imidazole rings is 1. The summed E-state index contributed by atoms with van der Waals surface area (Å²) in [6, 6.07) is 11.7. The first-order valence-corrected chi connectivity index (χ1v) is 6.24. The number of fused-ring (bicyclic) bond motifs is 1. The third kappa shape index (κ3) is 2.84. The third-order valence-electron chi connectivity index (χ3n) is 3.08. The van der Waals surface area contributed by atoms with Crippen LogP contribution in [0.1, 0.15) is 5.56 Å². The first-order chi connectivity index (χ1) is 9.92. The molecule has 2 aromatic carbocycles. The molecule has 3 aromatic rings. The Morgan fingerprint density at radius 2 is 1.86 bits per heavy atom. The zero-order chi connectivity index (χ0) is 15.0. The zero-order valence-electron chi connectivity index (χ0n) is 11.0. The molecule has 0 amide bonds. The van der Waals surface area contributed by atoms with Gasteiger partial charge in [-0.3, -0.25) is 0 Å². The summed E-state index contributed by atoms with van der Waals surface area (Å²) in [5.41, 5.74) is 3.07. The standard InChI is InChI=1S/C15H11F3N2O/c1-9-8-10(21-15(16,17)18)6-7-11(9)14-19-12-4-2-3-5-13(12)20-14/h2-8H,1H3,(H,19,20). The number of aromatic amines is 1. The topological polar surface area (TPSA) is 37.9 Å². The third-order valence-corrected chi connectivity index (χ3v) is 3.08. The van der Waals surface area contributed by atoms with Gasteiger partial charge in [0.25, 0.3) is 0 Å². The Morgan fingerprint density at radius 1 is 1.10 bits per heavy atom. The van der Waals surface area contributed by atoms with Gasteiger partial charge < -0.3 is 9.72 Å². The highest BCUT2D eigenvalue weighted by Crippen LogP contribution is 2.29. The van der Waals surface area contributed by atoms with Gasteiger partial charge in [0.15, 0.2) is 0 Å². The van der Waals surface area contributed by atoms with Crippen molar-refractivity contribution in [1.29, 1.82) is 0 Å². The molecule has 3 rings (SSSR count). The van der Waals surface area contributed by atoms with E-state index >= 15 is 0 Å². The van der Waals surface area contributed by atoms with Gasteiger partial charge in [-0.25, -0.2) is 4.98 Å². The van der Waals surface area contributed by atoms with Gasteiger partial charge in [0.05, 0.1) is 11.0 Å². The Kier molecular flexibility index (Phi) is 3.08. The monoisotopic (exact) mass is 292 g/mol. The van der Waals surface area contributed by atoms with E-state index in [-0.39, 0.29) is 5.75 Å². The summed E-state index contributed by atoms with van der Waals surface area (Å²) >= 11 is 0. The van der Waals surface area contributed by atoms with E-state index in [1.807, 2.05) is 24.3 Å². The van der Waals surface area contributed by atoms with Gasteiger partial charge in [-0.05, 0) is 42.8 Å². The maximum Gasteiger partial charge on any atom is 0.573 e. The predicted octanol–water partition coefficient (Wildman–Crippen LogP) is 4.44. The molecule has 0 bridgehead atoms. The number of nitrogens with zero attached hydrogens (tertiary/aromatic N) is 1. The fourth-order valence-corrected chi connectivity index (χ4v) is 2.18. The highest BCUT2D eigenvalue weighted by Gasteiger charge is 2.31. The van der Waals surface area contributed by atoms with Crippen LogP contribution in [0.25, 0.3) is 22.4 Å². The Balaban J connectivity index is 1.99. The lowest BCUT2D eigenvalue weighted by atomic mass is 10.1. The number of aromatic nitrogens is 2. The van der Waals surface area contributed by atoms with Gasteiger partial charge >= 0.3 is 6.36 Å². The van der Waals surface area contributed by atoms with Gasteiger partial charge in [0, 0.05) is 5.56 Å². The number of benzene rings is 2. The highest BCUT2D eigenvalue weighted by atomic mass is 19.4. The number of hydrogen-bond acceptors (Lipinski definition) is 2. The number of hydrogen-bond donors (Lipinski definition) is 1. The molecule has 0 radical (unpaired) electrons. The van der Waals surface area contributed by atoms with Crippen LogP contribution in [-0.2, 0) is 0 Å². The highest BCUT2D eigenvalue weighted by molar-refractivity contribution is 5.79. The molecule has 1 N–H and O–H groups in total. The smallest absolute Gasteiger partial charge is 0.406 e. The Bertz CT molecular complexity index is 760. The van der Waals surface area contributed by atoms with Gasteiger partial charge in [0.1, 0.15) is 11.6 Å². The van der Waals surface area contributed by atoms with E-state index in [4.69, 9.17) is 0 Å². The van der Waals surface area contributed by atoms with Crippen molar-refractivity contribution in [2.45, 2.75) is 13.3 Å². The Morgan fingerprint density at radius 3 is 2.52 bits per heavy atom. The second kappa shape index (κ2) is 4.80. The SMILES string of the molecule is Cc1cc(OC(F)(F)F)ccc1-c1nc2ccccc2[nH]1. The van der Waals surface area contributed by atoms with E-state index in [0.29, 0.717) is 11.4 Å². The van der Waals surface area contributed by atoms with Crippen LogP contribution in [0, 0.1) is 6.92 Å². The van der Waals surface area contributed by atoms with Crippen LogP contribution in [0.15, 0.2) is 42.5 Å². The molecule has 1 aromatic heterocycles. The van der Waals surface area contributed by atoms with Crippen molar-refractivity contribution in [3.05, 3.63) is 48.0 Å². The number of H-pyrrole nitrogens is 1. The number of ether oxygens (including phenoxy) is 1. The quantitative estimate of drug-likeness (QED) is 0.758. The van der Waals surface area contributed by atoms with Crippen LogP contribution < -0.4 is 4.74 Å². The first-order valence-electron chi connectivity index (χ1n) is 6.24. The van der Waals surface area contributed by atoms with Crippen molar-refractivity contribution in [2.24, 2.45) is 0 Å². The second-order valence-corrected chi connectivity index (χ2v) is 4.63. The summed E-state index contributed by atoms with van der Waals surface area (Å²) in [5.74, 6) is 0.382. The number of halogens is 3. The molecular weight excluding hydrogens is 281 g/mol. The minimum atomic E-state index is -4.69. The molecule has 108 valence electrons. The van der Waals surface area contributed by atoms with Crippen molar-refractivity contribution >= 4 is 11.0 Å². The van der Waals surface area contributed by atoms with Crippen molar-refractivity contribution in [1.82, 2.24) is 9.97 Å². The first kappa shape index (κ1) is 13.5. The van der Waals surface area contributed by atoms with Gasteiger partial charge in [-0.2, -0.15) is 0 Å². The van der Waals surface area contributed by atoms with Crippen LogP contribution in [-0.4, -0.2) is 16.3 Å². The molecule has 0 fully saturated rings. The molecule has 0 aliphatic heterocycles. The maximum absolute atomic E-state index is 12.2. The minimum Gasteiger partial charge on any atom is -0.406 e. The van der Waals surface area contributed by atoms with Gasteiger partial charge in [-0.1, -0.05) is 12.1 Å². The summed E-state index contributed by atoms with van der Waals surface area (Å²) in [7, 11) is 0. The molecule has 6 heteroatoms. The molecule has 0 spiro atoms. The van der Waals surface area contributed by atoms with E-state index in [1.165, 1.54) is 12.1 Å². The van der Waals surface area contributed by atoms with E-state index in [0.717, 1.165) is 16.6 Å². The summed E-state index contributed by atoms with van der Waals surface area (Å²) in [6.45, 7) is 1.71. The largest absolute Gasteiger partial charge is 0.573 e. The average Bonchev–Trinajstić information content (AvgIpc) is 2.80. The summed E-state index contributed by atoms with van der Waals surface area (Å²) < 4.78 is 40.5. The average molecular weight is 292 g/mol. The second-order valence-electron chi connectivity index (χ2n) is 4.63. The number of para-hydroxylation sites is 2. The number of rotatable bonds is 2. The lowest BCUT2D eigenvalue weighted by Crippen LogP contribution is -2.17. The molecule has 0 saturated heterocycles. The van der Waals surface area contributed by atoms with E-state index in [9.17, 15) is 13.2 Å². The van der Waals surface area contributed by atoms with Crippen LogP contribution in [0.2, 0.25) is 0 Å². The predicted molar refractivity (Wildman–Crippen MR) is 72.9 cm³/mol.